The summed E-state index contributed by atoms with van der Waals surface area (Å²) in [6, 6.07) is 8.69. The fourth-order valence-electron chi connectivity index (χ4n) is 4.64. The second-order valence-electron chi connectivity index (χ2n) is 7.61. The van der Waals surface area contributed by atoms with Crippen molar-refractivity contribution in [2.75, 3.05) is 26.2 Å². The Morgan fingerprint density at radius 1 is 1.17 bits per heavy atom. The SMILES string of the molecule is OC(CNCC1CC2C=CC1C2)CN1CCc2ccccc2C1. The molecule has 0 amide bonds. The third-order valence-corrected chi connectivity index (χ3v) is 5.88. The van der Waals surface area contributed by atoms with Gasteiger partial charge in [-0.3, -0.25) is 4.90 Å². The number of allylic oxidation sites excluding steroid dienone is 2. The smallest absolute Gasteiger partial charge is 0.0791 e. The van der Waals surface area contributed by atoms with Gasteiger partial charge >= 0.3 is 0 Å². The van der Waals surface area contributed by atoms with Gasteiger partial charge in [-0.2, -0.15) is 0 Å². The van der Waals surface area contributed by atoms with Crippen LogP contribution in [0.5, 0.6) is 0 Å². The van der Waals surface area contributed by atoms with Gasteiger partial charge in [0.25, 0.3) is 0 Å². The first-order valence-electron chi connectivity index (χ1n) is 9.14. The molecule has 0 saturated heterocycles. The van der Waals surface area contributed by atoms with E-state index < -0.39 is 0 Å². The maximum Gasteiger partial charge on any atom is 0.0791 e. The maximum atomic E-state index is 10.3. The first-order valence-corrected chi connectivity index (χ1v) is 9.14. The third-order valence-electron chi connectivity index (χ3n) is 5.88. The van der Waals surface area contributed by atoms with Crippen LogP contribution in [0, 0.1) is 17.8 Å². The molecule has 23 heavy (non-hydrogen) atoms. The zero-order valence-electron chi connectivity index (χ0n) is 13.8. The number of hydrogen-bond donors (Lipinski definition) is 2. The molecule has 2 bridgehead atoms. The molecule has 1 aliphatic heterocycles. The van der Waals surface area contributed by atoms with Crippen LogP contribution >= 0.6 is 0 Å². The van der Waals surface area contributed by atoms with Crippen LogP contribution in [0.2, 0.25) is 0 Å². The number of nitrogens with zero attached hydrogens (tertiary/aromatic N) is 1. The van der Waals surface area contributed by atoms with Crippen LogP contribution in [0.3, 0.4) is 0 Å². The van der Waals surface area contributed by atoms with Gasteiger partial charge in [0.05, 0.1) is 6.10 Å². The first kappa shape index (κ1) is 15.4. The molecule has 0 aromatic heterocycles. The summed E-state index contributed by atoms with van der Waals surface area (Å²) >= 11 is 0. The van der Waals surface area contributed by atoms with Gasteiger partial charge < -0.3 is 10.4 Å². The van der Waals surface area contributed by atoms with Gasteiger partial charge in [0.15, 0.2) is 0 Å². The predicted molar refractivity (Wildman–Crippen MR) is 93.1 cm³/mol. The van der Waals surface area contributed by atoms with Crippen molar-refractivity contribution in [2.24, 2.45) is 17.8 Å². The Morgan fingerprint density at radius 3 is 2.83 bits per heavy atom. The fraction of sp³-hybridized carbons (Fsp3) is 0.600. The van der Waals surface area contributed by atoms with Gasteiger partial charge in [-0.1, -0.05) is 36.4 Å². The predicted octanol–water partition coefficient (Wildman–Crippen LogP) is 2.21. The Hall–Kier alpha value is -1.16. The van der Waals surface area contributed by atoms with E-state index in [1.165, 1.54) is 24.0 Å². The van der Waals surface area contributed by atoms with Crippen molar-refractivity contribution < 1.29 is 5.11 Å². The largest absolute Gasteiger partial charge is 0.390 e. The molecule has 3 heteroatoms. The number of benzene rings is 1. The van der Waals surface area contributed by atoms with Gasteiger partial charge in [-0.15, -0.1) is 0 Å². The summed E-state index contributed by atoms with van der Waals surface area (Å²) in [6.45, 7) is 4.59. The number of hydrogen-bond acceptors (Lipinski definition) is 3. The van der Waals surface area contributed by atoms with Crippen molar-refractivity contribution in [3.05, 3.63) is 47.5 Å². The van der Waals surface area contributed by atoms with Crippen LogP contribution in [0.25, 0.3) is 0 Å². The number of aliphatic hydroxyl groups is 1. The van der Waals surface area contributed by atoms with Crippen molar-refractivity contribution in [1.29, 1.82) is 0 Å². The van der Waals surface area contributed by atoms with E-state index in [2.05, 4.69) is 46.6 Å². The minimum absolute atomic E-state index is 0.269. The second-order valence-corrected chi connectivity index (χ2v) is 7.61. The lowest BCUT2D eigenvalue weighted by Crippen LogP contribution is -2.41. The Morgan fingerprint density at radius 2 is 2.04 bits per heavy atom. The zero-order valence-corrected chi connectivity index (χ0v) is 13.8. The van der Waals surface area contributed by atoms with Crippen molar-refractivity contribution in [3.8, 4) is 0 Å². The highest BCUT2D eigenvalue weighted by Crippen LogP contribution is 2.42. The lowest BCUT2D eigenvalue weighted by molar-refractivity contribution is 0.103. The average Bonchev–Trinajstić information content (AvgIpc) is 3.18. The van der Waals surface area contributed by atoms with Gasteiger partial charge in [0.1, 0.15) is 0 Å². The highest BCUT2D eigenvalue weighted by atomic mass is 16.3. The van der Waals surface area contributed by atoms with Crippen LogP contribution in [-0.2, 0) is 13.0 Å². The summed E-state index contributed by atoms with van der Waals surface area (Å²) < 4.78 is 0. The highest BCUT2D eigenvalue weighted by molar-refractivity contribution is 5.29. The van der Waals surface area contributed by atoms with Crippen LogP contribution in [0.4, 0.5) is 0 Å². The molecule has 2 aliphatic carbocycles. The van der Waals surface area contributed by atoms with Crippen LogP contribution in [0.15, 0.2) is 36.4 Å². The average molecular weight is 312 g/mol. The molecule has 0 radical (unpaired) electrons. The standard InChI is InChI=1S/C20H28N2O/c23-20(12-21-11-19-10-15-5-6-17(19)9-15)14-22-8-7-16-3-1-2-4-18(16)13-22/h1-6,15,17,19-21,23H,7-14H2. The molecule has 1 fully saturated rings. The number of rotatable bonds is 6. The zero-order chi connectivity index (χ0) is 15.6. The Kier molecular flexibility index (Phi) is 4.52. The van der Waals surface area contributed by atoms with E-state index >= 15 is 0 Å². The van der Waals surface area contributed by atoms with E-state index in [4.69, 9.17) is 0 Å². The number of aliphatic hydroxyl groups excluding tert-OH is 1. The van der Waals surface area contributed by atoms with E-state index in [9.17, 15) is 5.11 Å². The molecule has 4 atom stereocenters. The Balaban J connectivity index is 1.19. The second kappa shape index (κ2) is 6.76. The topological polar surface area (TPSA) is 35.5 Å². The van der Waals surface area contributed by atoms with Crippen molar-refractivity contribution in [3.63, 3.8) is 0 Å². The fourth-order valence-corrected chi connectivity index (χ4v) is 4.64. The van der Waals surface area contributed by atoms with E-state index in [-0.39, 0.29) is 6.10 Å². The van der Waals surface area contributed by atoms with E-state index in [0.29, 0.717) is 0 Å². The van der Waals surface area contributed by atoms with Crippen molar-refractivity contribution >= 4 is 0 Å². The van der Waals surface area contributed by atoms with Crippen LogP contribution in [0.1, 0.15) is 24.0 Å². The molecule has 3 aliphatic rings. The summed E-state index contributed by atoms with van der Waals surface area (Å²) in [7, 11) is 0. The molecule has 3 nitrogen and oxygen atoms in total. The molecular weight excluding hydrogens is 284 g/mol. The van der Waals surface area contributed by atoms with E-state index in [1.54, 1.807) is 0 Å². The molecule has 1 aromatic carbocycles. The molecule has 2 N–H and O–H groups in total. The molecule has 1 heterocycles. The molecular formula is C20H28N2O. The molecule has 1 saturated carbocycles. The molecule has 124 valence electrons. The number of β-amino-alcohol motifs (C(OH)–C–C–N with tert-alkyl or cyclic N) is 1. The van der Waals surface area contributed by atoms with Crippen molar-refractivity contribution in [2.45, 2.75) is 31.9 Å². The summed E-state index contributed by atoms with van der Waals surface area (Å²) in [5.74, 6) is 2.42. The van der Waals surface area contributed by atoms with Gasteiger partial charge in [0, 0.05) is 26.2 Å². The molecule has 4 unspecified atom stereocenters. The first-order chi connectivity index (χ1) is 11.3. The number of fused-ring (bicyclic) bond motifs is 3. The van der Waals surface area contributed by atoms with E-state index in [1.807, 2.05) is 0 Å². The minimum atomic E-state index is -0.269. The lowest BCUT2D eigenvalue weighted by Gasteiger charge is -2.30. The Bertz CT molecular complexity index is 571. The summed E-state index contributed by atoms with van der Waals surface area (Å²) in [5, 5.41) is 13.8. The van der Waals surface area contributed by atoms with Crippen LogP contribution < -0.4 is 5.32 Å². The summed E-state index contributed by atoms with van der Waals surface area (Å²) in [4.78, 5) is 2.38. The Labute approximate surface area is 139 Å². The van der Waals surface area contributed by atoms with Crippen molar-refractivity contribution in [1.82, 2.24) is 10.2 Å². The quantitative estimate of drug-likeness (QED) is 0.791. The van der Waals surface area contributed by atoms with Gasteiger partial charge in [-0.05, 0) is 54.7 Å². The third kappa shape index (κ3) is 3.52. The maximum absolute atomic E-state index is 10.3. The summed E-state index contributed by atoms with van der Waals surface area (Å²) in [6.07, 6.45) is 8.34. The van der Waals surface area contributed by atoms with Gasteiger partial charge in [-0.25, -0.2) is 0 Å². The normalized spacial score (nSPS) is 30.6. The number of nitrogens with one attached hydrogen (secondary N) is 1. The van der Waals surface area contributed by atoms with Crippen LogP contribution in [-0.4, -0.2) is 42.3 Å². The van der Waals surface area contributed by atoms with Gasteiger partial charge in [0.2, 0.25) is 0 Å². The molecule has 1 aromatic rings. The lowest BCUT2D eigenvalue weighted by atomic mass is 9.93. The monoisotopic (exact) mass is 312 g/mol. The van der Waals surface area contributed by atoms with E-state index in [0.717, 1.165) is 56.9 Å². The molecule has 4 rings (SSSR count). The summed E-state index contributed by atoms with van der Waals surface area (Å²) in [5.41, 5.74) is 2.90. The molecule has 0 spiro atoms. The highest BCUT2D eigenvalue weighted by Gasteiger charge is 2.35. The minimum Gasteiger partial charge on any atom is -0.390 e.